The quantitative estimate of drug-likeness (QED) is 0.860. The molecule has 118 valence electrons. The fourth-order valence-electron chi connectivity index (χ4n) is 2.55. The Hall–Kier alpha value is -0.770. The van der Waals surface area contributed by atoms with Crippen LogP contribution in [0.1, 0.15) is 60.8 Å². The Balaban J connectivity index is 2.51. The summed E-state index contributed by atoms with van der Waals surface area (Å²) in [6.07, 6.45) is 3.18. The van der Waals surface area contributed by atoms with Gasteiger partial charge in [-0.1, -0.05) is 13.8 Å². The molecule has 1 aliphatic heterocycles. The molecule has 0 bridgehead atoms. The third-order valence-corrected chi connectivity index (χ3v) is 3.74. The molecular formula is C16H32N2O2. The fourth-order valence-corrected chi connectivity index (χ4v) is 2.55. The summed E-state index contributed by atoms with van der Waals surface area (Å²) in [5.41, 5.74) is -0.422. The average molecular weight is 284 g/mol. The first-order valence-corrected chi connectivity index (χ1v) is 7.93. The molecule has 1 heterocycles. The number of likely N-dealkylation sites (tertiary alicyclic amines) is 1. The lowest BCUT2D eigenvalue weighted by Crippen LogP contribution is -2.55. The maximum Gasteiger partial charge on any atom is 0.410 e. The van der Waals surface area contributed by atoms with Gasteiger partial charge >= 0.3 is 6.09 Å². The lowest BCUT2D eigenvalue weighted by atomic mass is 9.97. The van der Waals surface area contributed by atoms with E-state index < -0.39 is 5.60 Å². The van der Waals surface area contributed by atoms with Gasteiger partial charge in [-0.15, -0.1) is 0 Å². The van der Waals surface area contributed by atoms with Crippen LogP contribution in [-0.2, 0) is 4.74 Å². The van der Waals surface area contributed by atoms with E-state index in [0.717, 1.165) is 25.9 Å². The van der Waals surface area contributed by atoms with Gasteiger partial charge in [0.05, 0.1) is 0 Å². The number of carbonyl (C=O) groups excluding carboxylic acids is 1. The number of hydrogen-bond donors (Lipinski definition) is 1. The average Bonchev–Trinajstić information content (AvgIpc) is 2.28. The lowest BCUT2D eigenvalue weighted by molar-refractivity contribution is 0.00705. The summed E-state index contributed by atoms with van der Waals surface area (Å²) in [5, 5.41) is 3.60. The Bertz CT molecular complexity index is 310. The summed E-state index contributed by atoms with van der Waals surface area (Å²) in [6, 6.07) is 0.584. The van der Waals surface area contributed by atoms with Gasteiger partial charge in [0, 0.05) is 18.6 Å². The molecule has 1 amide bonds. The van der Waals surface area contributed by atoms with E-state index in [9.17, 15) is 4.79 Å². The van der Waals surface area contributed by atoms with Gasteiger partial charge in [0.15, 0.2) is 0 Å². The molecule has 2 atom stereocenters. The molecule has 0 aromatic carbocycles. The third-order valence-electron chi connectivity index (χ3n) is 3.74. The first-order valence-electron chi connectivity index (χ1n) is 7.93. The van der Waals surface area contributed by atoms with Crippen molar-refractivity contribution in [3.63, 3.8) is 0 Å². The molecule has 20 heavy (non-hydrogen) atoms. The number of nitrogens with zero attached hydrogens (tertiary/aromatic N) is 1. The Morgan fingerprint density at radius 2 is 2.05 bits per heavy atom. The number of amides is 1. The molecule has 0 saturated carbocycles. The Kier molecular flexibility index (Phi) is 6.31. The molecule has 1 N–H and O–H groups in total. The van der Waals surface area contributed by atoms with Crippen LogP contribution in [0.3, 0.4) is 0 Å². The summed E-state index contributed by atoms with van der Waals surface area (Å²) in [5.74, 6) is 0.711. The molecule has 0 aromatic rings. The summed E-state index contributed by atoms with van der Waals surface area (Å²) in [7, 11) is 0. The predicted octanol–water partition coefficient (Wildman–Crippen LogP) is 3.41. The van der Waals surface area contributed by atoms with E-state index in [1.807, 2.05) is 25.7 Å². The first kappa shape index (κ1) is 17.3. The molecule has 1 saturated heterocycles. The monoisotopic (exact) mass is 284 g/mol. The second kappa shape index (κ2) is 7.30. The van der Waals surface area contributed by atoms with Crippen molar-refractivity contribution >= 4 is 6.09 Å². The topological polar surface area (TPSA) is 41.6 Å². The van der Waals surface area contributed by atoms with Crippen LogP contribution in [0.2, 0.25) is 0 Å². The Morgan fingerprint density at radius 1 is 1.40 bits per heavy atom. The van der Waals surface area contributed by atoms with Crippen molar-refractivity contribution < 1.29 is 9.53 Å². The third kappa shape index (κ3) is 5.70. The van der Waals surface area contributed by atoms with Crippen molar-refractivity contribution in [2.24, 2.45) is 5.92 Å². The maximum absolute atomic E-state index is 12.2. The van der Waals surface area contributed by atoms with Gasteiger partial charge in [0.25, 0.3) is 0 Å². The number of carbonyl (C=O) groups is 1. The molecule has 0 spiro atoms. The smallest absolute Gasteiger partial charge is 0.410 e. The minimum Gasteiger partial charge on any atom is -0.444 e. The van der Waals surface area contributed by atoms with Crippen LogP contribution in [0.15, 0.2) is 0 Å². The second-order valence-electron chi connectivity index (χ2n) is 7.30. The van der Waals surface area contributed by atoms with Crippen LogP contribution >= 0.6 is 0 Å². The van der Waals surface area contributed by atoms with Crippen LogP contribution in [0.4, 0.5) is 4.79 Å². The molecule has 2 unspecified atom stereocenters. The van der Waals surface area contributed by atoms with E-state index >= 15 is 0 Å². The van der Waals surface area contributed by atoms with Gasteiger partial charge in [-0.05, 0) is 59.4 Å². The number of hydrogen-bond acceptors (Lipinski definition) is 3. The molecule has 0 aliphatic carbocycles. The minimum atomic E-state index is -0.422. The van der Waals surface area contributed by atoms with E-state index in [4.69, 9.17) is 4.74 Å². The summed E-state index contributed by atoms with van der Waals surface area (Å²) < 4.78 is 5.50. The Morgan fingerprint density at radius 3 is 2.60 bits per heavy atom. The molecule has 4 heteroatoms. The molecule has 1 fully saturated rings. The van der Waals surface area contributed by atoms with E-state index in [1.54, 1.807) is 0 Å². The number of piperidine rings is 1. The predicted molar refractivity (Wildman–Crippen MR) is 82.9 cm³/mol. The molecule has 1 rings (SSSR count). The number of rotatable bonds is 4. The molecular weight excluding hydrogens is 252 g/mol. The van der Waals surface area contributed by atoms with Crippen LogP contribution < -0.4 is 5.32 Å². The molecule has 4 nitrogen and oxygen atoms in total. The normalized spacial score (nSPS) is 24.1. The van der Waals surface area contributed by atoms with Gasteiger partial charge in [0.2, 0.25) is 0 Å². The van der Waals surface area contributed by atoms with Crippen LogP contribution in [0.5, 0.6) is 0 Å². The Labute approximate surface area is 124 Å². The fraction of sp³-hybridized carbons (Fsp3) is 0.938. The standard InChI is InChI=1S/C16H32N2O2/c1-12(2)9-10-17-14-8-7-11-18(13(14)3)15(19)20-16(4,5)6/h12-14,17H,7-11H2,1-6H3. The zero-order valence-corrected chi connectivity index (χ0v) is 14.0. The van der Waals surface area contributed by atoms with Gasteiger partial charge in [-0.25, -0.2) is 4.79 Å². The van der Waals surface area contributed by atoms with Crippen LogP contribution in [-0.4, -0.2) is 41.8 Å². The van der Waals surface area contributed by atoms with Crippen molar-refractivity contribution in [2.45, 2.75) is 78.5 Å². The highest BCUT2D eigenvalue weighted by Gasteiger charge is 2.33. The maximum atomic E-state index is 12.2. The lowest BCUT2D eigenvalue weighted by Gasteiger charge is -2.40. The van der Waals surface area contributed by atoms with Gasteiger partial charge in [-0.2, -0.15) is 0 Å². The highest BCUT2D eigenvalue weighted by Crippen LogP contribution is 2.20. The van der Waals surface area contributed by atoms with Crippen molar-refractivity contribution in [1.29, 1.82) is 0 Å². The SMILES string of the molecule is CC(C)CCNC1CCCN(C(=O)OC(C)(C)C)C1C. The molecule has 1 aliphatic rings. The second-order valence-corrected chi connectivity index (χ2v) is 7.30. The molecule has 0 aromatic heterocycles. The van der Waals surface area contributed by atoms with Gasteiger partial charge < -0.3 is 15.0 Å². The van der Waals surface area contributed by atoms with E-state index in [1.165, 1.54) is 6.42 Å². The van der Waals surface area contributed by atoms with Gasteiger partial charge in [0.1, 0.15) is 5.60 Å². The van der Waals surface area contributed by atoms with Crippen molar-refractivity contribution in [1.82, 2.24) is 10.2 Å². The van der Waals surface area contributed by atoms with Crippen LogP contribution in [0.25, 0.3) is 0 Å². The van der Waals surface area contributed by atoms with Crippen molar-refractivity contribution in [3.05, 3.63) is 0 Å². The van der Waals surface area contributed by atoms with Crippen LogP contribution in [0, 0.1) is 5.92 Å². The van der Waals surface area contributed by atoms with E-state index in [2.05, 4.69) is 26.1 Å². The minimum absolute atomic E-state index is 0.180. The largest absolute Gasteiger partial charge is 0.444 e. The van der Waals surface area contributed by atoms with Crippen molar-refractivity contribution in [3.8, 4) is 0 Å². The zero-order valence-electron chi connectivity index (χ0n) is 14.0. The number of ether oxygens (including phenoxy) is 1. The zero-order chi connectivity index (χ0) is 15.3. The van der Waals surface area contributed by atoms with E-state index in [-0.39, 0.29) is 12.1 Å². The van der Waals surface area contributed by atoms with Crippen molar-refractivity contribution in [2.75, 3.05) is 13.1 Å². The number of nitrogens with one attached hydrogen (secondary N) is 1. The molecule has 0 radical (unpaired) electrons. The highest BCUT2D eigenvalue weighted by atomic mass is 16.6. The van der Waals surface area contributed by atoms with Gasteiger partial charge in [-0.3, -0.25) is 0 Å². The first-order chi connectivity index (χ1) is 9.20. The summed E-state index contributed by atoms with van der Waals surface area (Å²) >= 11 is 0. The highest BCUT2D eigenvalue weighted by molar-refractivity contribution is 5.68. The summed E-state index contributed by atoms with van der Waals surface area (Å²) in [6.45, 7) is 14.2. The summed E-state index contributed by atoms with van der Waals surface area (Å²) in [4.78, 5) is 14.1. The van der Waals surface area contributed by atoms with E-state index in [0.29, 0.717) is 12.0 Å².